The Labute approximate surface area is 128 Å². The number of carboxylic acids is 1. The van der Waals surface area contributed by atoms with E-state index in [1.807, 2.05) is 20.8 Å². The van der Waals surface area contributed by atoms with Gasteiger partial charge in [0.05, 0.1) is 6.04 Å². The molecule has 1 heterocycles. The molecule has 1 amide bonds. The number of hydrogen-bond donors (Lipinski definition) is 2. The third kappa shape index (κ3) is 5.65. The second-order valence-electron chi connectivity index (χ2n) is 6.47. The zero-order chi connectivity index (χ0) is 16.0. The molecule has 0 aromatic heterocycles. The number of likely N-dealkylation sites (tertiary alicyclic amines) is 1. The van der Waals surface area contributed by atoms with Crippen molar-refractivity contribution in [2.75, 3.05) is 13.1 Å². The Balaban J connectivity index is 2.54. The van der Waals surface area contributed by atoms with Crippen LogP contribution in [0.15, 0.2) is 0 Å². The van der Waals surface area contributed by atoms with E-state index in [4.69, 9.17) is 5.11 Å². The first-order valence-corrected chi connectivity index (χ1v) is 8.11. The van der Waals surface area contributed by atoms with Crippen molar-refractivity contribution in [1.82, 2.24) is 10.2 Å². The molecule has 0 saturated carbocycles. The zero-order valence-electron chi connectivity index (χ0n) is 13.8. The van der Waals surface area contributed by atoms with Gasteiger partial charge in [-0.05, 0) is 51.5 Å². The van der Waals surface area contributed by atoms with E-state index in [1.54, 1.807) is 0 Å². The van der Waals surface area contributed by atoms with Crippen LogP contribution < -0.4 is 5.32 Å². The van der Waals surface area contributed by atoms with Crippen molar-refractivity contribution >= 4 is 11.9 Å². The molecule has 4 atom stereocenters. The molecule has 1 saturated heterocycles. The van der Waals surface area contributed by atoms with E-state index in [9.17, 15) is 9.59 Å². The van der Waals surface area contributed by atoms with Crippen molar-refractivity contribution in [1.29, 1.82) is 0 Å². The summed E-state index contributed by atoms with van der Waals surface area (Å²) in [4.78, 5) is 25.3. The van der Waals surface area contributed by atoms with Gasteiger partial charge in [-0.1, -0.05) is 13.8 Å². The highest BCUT2D eigenvalue weighted by atomic mass is 16.4. The minimum atomic E-state index is -0.734. The van der Waals surface area contributed by atoms with Crippen LogP contribution in [0.3, 0.4) is 0 Å². The molecular formula is C16H30N2O3. The first-order valence-electron chi connectivity index (χ1n) is 8.11. The predicted molar refractivity (Wildman–Crippen MR) is 83.1 cm³/mol. The summed E-state index contributed by atoms with van der Waals surface area (Å²) in [5.74, 6) is -0.123. The van der Waals surface area contributed by atoms with Crippen molar-refractivity contribution in [3.63, 3.8) is 0 Å². The minimum Gasteiger partial charge on any atom is -0.481 e. The standard InChI is InChI=1S/C16H30N2O3/c1-5-12(3)17-16(21)13(4)18-8-6-7-14(10-18)11(2)9-15(19)20/h11-14H,5-10H2,1-4H3,(H,17,21)(H,19,20). The largest absolute Gasteiger partial charge is 0.481 e. The van der Waals surface area contributed by atoms with Gasteiger partial charge < -0.3 is 10.4 Å². The Morgan fingerprint density at radius 3 is 2.57 bits per heavy atom. The molecule has 122 valence electrons. The molecule has 0 aliphatic carbocycles. The van der Waals surface area contributed by atoms with Gasteiger partial charge in [0.2, 0.25) is 5.91 Å². The van der Waals surface area contributed by atoms with Gasteiger partial charge in [-0.25, -0.2) is 0 Å². The summed E-state index contributed by atoms with van der Waals surface area (Å²) in [5, 5.41) is 12.0. The molecule has 5 heteroatoms. The number of rotatable bonds is 7. The lowest BCUT2D eigenvalue weighted by atomic mass is 9.84. The van der Waals surface area contributed by atoms with E-state index in [0.29, 0.717) is 5.92 Å². The van der Waals surface area contributed by atoms with Crippen molar-refractivity contribution in [2.24, 2.45) is 11.8 Å². The van der Waals surface area contributed by atoms with Crippen LogP contribution >= 0.6 is 0 Å². The smallest absolute Gasteiger partial charge is 0.303 e. The third-order valence-electron chi connectivity index (χ3n) is 4.72. The zero-order valence-corrected chi connectivity index (χ0v) is 13.8. The van der Waals surface area contributed by atoms with Crippen molar-refractivity contribution in [3.05, 3.63) is 0 Å². The van der Waals surface area contributed by atoms with Gasteiger partial charge in [0.1, 0.15) is 0 Å². The van der Waals surface area contributed by atoms with E-state index < -0.39 is 5.97 Å². The number of piperidine rings is 1. The topological polar surface area (TPSA) is 69.6 Å². The normalized spacial score (nSPS) is 24.1. The number of aliphatic carboxylic acids is 1. The SMILES string of the molecule is CCC(C)NC(=O)C(C)N1CCCC(C(C)CC(=O)O)C1. The Morgan fingerprint density at radius 1 is 1.33 bits per heavy atom. The Hall–Kier alpha value is -1.10. The molecule has 2 N–H and O–H groups in total. The summed E-state index contributed by atoms with van der Waals surface area (Å²) in [6.45, 7) is 9.77. The molecule has 21 heavy (non-hydrogen) atoms. The molecule has 4 unspecified atom stereocenters. The Morgan fingerprint density at radius 2 is 2.00 bits per heavy atom. The molecule has 1 fully saturated rings. The van der Waals surface area contributed by atoms with Crippen LogP contribution in [0.2, 0.25) is 0 Å². The van der Waals surface area contributed by atoms with Crippen LogP contribution in [0, 0.1) is 11.8 Å². The number of nitrogens with zero attached hydrogens (tertiary/aromatic N) is 1. The highest BCUT2D eigenvalue weighted by molar-refractivity contribution is 5.81. The fraction of sp³-hybridized carbons (Fsp3) is 0.875. The van der Waals surface area contributed by atoms with Crippen molar-refractivity contribution in [2.45, 2.75) is 65.5 Å². The van der Waals surface area contributed by atoms with Gasteiger partial charge in [0.15, 0.2) is 0 Å². The second-order valence-corrected chi connectivity index (χ2v) is 6.47. The third-order valence-corrected chi connectivity index (χ3v) is 4.72. The lowest BCUT2D eigenvalue weighted by molar-refractivity contribution is -0.139. The number of amides is 1. The Bertz CT molecular complexity index is 359. The van der Waals surface area contributed by atoms with Gasteiger partial charge >= 0.3 is 5.97 Å². The lowest BCUT2D eigenvalue weighted by Crippen LogP contribution is -2.51. The first kappa shape index (κ1) is 18.0. The molecule has 1 rings (SSSR count). The Kier molecular flexibility index (Phi) is 7.15. The van der Waals surface area contributed by atoms with Crippen LogP contribution in [-0.2, 0) is 9.59 Å². The van der Waals surface area contributed by atoms with Crippen LogP contribution in [0.5, 0.6) is 0 Å². The second kappa shape index (κ2) is 8.37. The summed E-state index contributed by atoms with van der Waals surface area (Å²) in [7, 11) is 0. The van der Waals surface area contributed by atoms with Crippen LogP contribution in [0.1, 0.15) is 53.4 Å². The van der Waals surface area contributed by atoms with E-state index in [1.165, 1.54) is 0 Å². The molecule has 0 radical (unpaired) electrons. The molecule has 1 aliphatic heterocycles. The van der Waals surface area contributed by atoms with E-state index in [-0.39, 0.29) is 30.3 Å². The van der Waals surface area contributed by atoms with E-state index in [0.717, 1.165) is 32.4 Å². The molecule has 0 aromatic carbocycles. The molecular weight excluding hydrogens is 268 g/mol. The number of nitrogens with one attached hydrogen (secondary N) is 1. The first-order chi connectivity index (χ1) is 9.85. The fourth-order valence-electron chi connectivity index (χ4n) is 2.93. The van der Waals surface area contributed by atoms with Gasteiger partial charge in [0, 0.05) is 19.0 Å². The molecule has 5 nitrogen and oxygen atoms in total. The van der Waals surface area contributed by atoms with Gasteiger partial charge in [-0.3, -0.25) is 14.5 Å². The van der Waals surface area contributed by atoms with Gasteiger partial charge in [-0.15, -0.1) is 0 Å². The molecule has 0 aromatic rings. The number of carbonyl (C=O) groups excluding carboxylic acids is 1. The minimum absolute atomic E-state index is 0.0795. The summed E-state index contributed by atoms with van der Waals surface area (Å²) in [6, 6.07) is 0.0605. The van der Waals surface area contributed by atoms with E-state index in [2.05, 4.69) is 17.1 Å². The van der Waals surface area contributed by atoms with Crippen molar-refractivity contribution < 1.29 is 14.7 Å². The summed E-state index contributed by atoms with van der Waals surface area (Å²) in [6.07, 6.45) is 3.24. The average Bonchev–Trinajstić information content (AvgIpc) is 2.45. The maximum Gasteiger partial charge on any atom is 0.303 e. The van der Waals surface area contributed by atoms with Crippen LogP contribution in [0.25, 0.3) is 0 Å². The number of hydrogen-bond acceptors (Lipinski definition) is 3. The number of carbonyl (C=O) groups is 2. The summed E-state index contributed by atoms with van der Waals surface area (Å²) >= 11 is 0. The average molecular weight is 298 g/mol. The predicted octanol–water partition coefficient (Wildman–Crippen LogP) is 2.11. The lowest BCUT2D eigenvalue weighted by Gasteiger charge is -2.38. The van der Waals surface area contributed by atoms with Crippen LogP contribution in [0.4, 0.5) is 0 Å². The maximum absolute atomic E-state index is 12.2. The molecule has 0 spiro atoms. The highest BCUT2D eigenvalue weighted by Gasteiger charge is 2.30. The van der Waals surface area contributed by atoms with Crippen molar-refractivity contribution in [3.8, 4) is 0 Å². The number of carboxylic acid groups (broad SMARTS) is 1. The molecule has 0 bridgehead atoms. The quantitative estimate of drug-likeness (QED) is 0.755. The molecule has 1 aliphatic rings. The van der Waals surface area contributed by atoms with Crippen LogP contribution in [-0.4, -0.2) is 47.1 Å². The van der Waals surface area contributed by atoms with E-state index >= 15 is 0 Å². The maximum atomic E-state index is 12.2. The monoisotopic (exact) mass is 298 g/mol. The summed E-state index contributed by atoms with van der Waals surface area (Å²) in [5.41, 5.74) is 0. The summed E-state index contributed by atoms with van der Waals surface area (Å²) < 4.78 is 0. The fourth-order valence-corrected chi connectivity index (χ4v) is 2.93. The highest BCUT2D eigenvalue weighted by Crippen LogP contribution is 2.27. The van der Waals surface area contributed by atoms with Gasteiger partial charge in [-0.2, -0.15) is 0 Å². The van der Waals surface area contributed by atoms with Gasteiger partial charge in [0.25, 0.3) is 0 Å².